The predicted molar refractivity (Wildman–Crippen MR) is 125 cm³/mol. The Morgan fingerprint density at radius 2 is 1.79 bits per heavy atom. The fourth-order valence-electron chi connectivity index (χ4n) is 4.19. The van der Waals surface area contributed by atoms with Crippen LogP contribution in [0.15, 0.2) is 64.0 Å². The van der Waals surface area contributed by atoms with Crippen LogP contribution in [0, 0.1) is 0 Å². The first-order chi connectivity index (χ1) is 16.5. The fraction of sp³-hybridized carbons (Fsp3) is 0.208. The van der Waals surface area contributed by atoms with Gasteiger partial charge in [0.1, 0.15) is 28.7 Å². The van der Waals surface area contributed by atoms with Gasteiger partial charge in [0, 0.05) is 12.0 Å². The Labute approximate surface area is 195 Å². The molecule has 2 N–H and O–H groups in total. The van der Waals surface area contributed by atoms with Gasteiger partial charge in [0.15, 0.2) is 16.3 Å². The summed E-state index contributed by atoms with van der Waals surface area (Å²) < 4.78 is 51.3. The number of benzene rings is 3. The summed E-state index contributed by atoms with van der Waals surface area (Å²) >= 11 is 0. The Morgan fingerprint density at radius 3 is 2.44 bits per heavy atom. The summed E-state index contributed by atoms with van der Waals surface area (Å²) in [7, 11) is -1.44. The normalized spacial score (nSPS) is 15.1. The van der Waals surface area contributed by atoms with Crippen molar-refractivity contribution in [2.75, 3.05) is 25.5 Å². The zero-order chi connectivity index (χ0) is 23.9. The molecule has 2 heterocycles. The van der Waals surface area contributed by atoms with Crippen LogP contribution >= 0.6 is 0 Å². The first-order valence-corrected chi connectivity index (χ1v) is 12.0. The third kappa shape index (κ3) is 3.61. The molecule has 0 aliphatic carbocycles. The number of nitrogens with zero attached hydrogens (tertiary/aromatic N) is 1. The van der Waals surface area contributed by atoms with E-state index in [1.807, 2.05) is 30.3 Å². The van der Waals surface area contributed by atoms with E-state index >= 15 is 0 Å². The number of aromatic nitrogens is 1. The van der Waals surface area contributed by atoms with Crippen LogP contribution in [0.25, 0.3) is 22.1 Å². The van der Waals surface area contributed by atoms with E-state index in [2.05, 4.69) is 9.88 Å². The monoisotopic (exact) mass is 482 g/mol. The van der Waals surface area contributed by atoms with Gasteiger partial charge in [0.2, 0.25) is 0 Å². The molecule has 0 saturated heterocycles. The van der Waals surface area contributed by atoms with E-state index in [0.717, 1.165) is 16.7 Å². The predicted octanol–water partition coefficient (Wildman–Crippen LogP) is 3.61. The molecule has 1 aromatic heterocycles. The molecule has 34 heavy (non-hydrogen) atoms. The lowest BCUT2D eigenvalue weighted by Crippen LogP contribution is -2.17. The molecule has 0 bridgehead atoms. The SMILES string of the molecule is COc1cccc(OC)c1S(=O)(=O)Nc1noc2cc(-c3ccccc3)c3c(c12)OC(CO)C3. The van der Waals surface area contributed by atoms with Crippen LogP contribution in [0.4, 0.5) is 5.82 Å². The van der Waals surface area contributed by atoms with Crippen molar-refractivity contribution in [1.29, 1.82) is 0 Å². The van der Waals surface area contributed by atoms with Gasteiger partial charge in [-0.2, -0.15) is 0 Å². The molecule has 0 radical (unpaired) electrons. The Balaban J connectivity index is 1.66. The van der Waals surface area contributed by atoms with Gasteiger partial charge in [-0.05, 0) is 29.3 Å². The Morgan fingerprint density at radius 1 is 1.09 bits per heavy atom. The summed E-state index contributed by atoms with van der Waals surface area (Å²) in [5.74, 6) is 0.638. The quantitative estimate of drug-likeness (QED) is 0.410. The number of sulfonamides is 1. The summed E-state index contributed by atoms with van der Waals surface area (Å²) in [5.41, 5.74) is 3.01. The number of aliphatic hydroxyl groups is 1. The fourth-order valence-corrected chi connectivity index (χ4v) is 5.52. The lowest BCUT2D eigenvalue weighted by Gasteiger charge is -2.14. The summed E-state index contributed by atoms with van der Waals surface area (Å²) in [6.07, 6.45) is 0.000646. The van der Waals surface area contributed by atoms with Crippen LogP contribution < -0.4 is 18.9 Å². The van der Waals surface area contributed by atoms with Crippen molar-refractivity contribution < 1.29 is 32.3 Å². The number of aliphatic hydroxyl groups excluding tert-OH is 1. The van der Waals surface area contributed by atoms with Gasteiger partial charge >= 0.3 is 0 Å². The molecule has 0 saturated carbocycles. The van der Waals surface area contributed by atoms with E-state index < -0.39 is 16.1 Å². The second-order valence-electron chi connectivity index (χ2n) is 7.73. The Kier molecular flexibility index (Phi) is 5.54. The Bertz CT molecular complexity index is 1440. The molecule has 1 unspecified atom stereocenters. The molecule has 1 aliphatic rings. The van der Waals surface area contributed by atoms with E-state index in [0.29, 0.717) is 23.1 Å². The summed E-state index contributed by atoms with van der Waals surface area (Å²) in [4.78, 5) is -0.164. The Hall–Kier alpha value is -3.76. The van der Waals surface area contributed by atoms with Crippen LogP contribution in [0.5, 0.6) is 17.2 Å². The minimum absolute atomic E-state index is 0.0302. The summed E-state index contributed by atoms with van der Waals surface area (Å²) in [5, 5.41) is 14.1. The molecule has 0 amide bonds. The third-order valence-electron chi connectivity index (χ3n) is 5.71. The summed E-state index contributed by atoms with van der Waals surface area (Å²) in [6.45, 7) is -0.185. The number of methoxy groups -OCH3 is 2. The van der Waals surface area contributed by atoms with Crippen LogP contribution in [0.3, 0.4) is 0 Å². The number of rotatable bonds is 7. The second-order valence-corrected chi connectivity index (χ2v) is 9.35. The molecule has 5 rings (SSSR count). The van der Waals surface area contributed by atoms with Crippen molar-refractivity contribution in [3.05, 3.63) is 60.2 Å². The van der Waals surface area contributed by atoms with E-state index in [1.165, 1.54) is 26.4 Å². The van der Waals surface area contributed by atoms with Crippen molar-refractivity contribution >= 4 is 26.8 Å². The maximum absolute atomic E-state index is 13.4. The molecule has 0 spiro atoms. The lowest BCUT2D eigenvalue weighted by molar-refractivity contribution is 0.136. The number of ether oxygens (including phenoxy) is 3. The van der Waals surface area contributed by atoms with Gasteiger partial charge in [0.25, 0.3) is 10.0 Å². The highest BCUT2D eigenvalue weighted by Crippen LogP contribution is 2.46. The van der Waals surface area contributed by atoms with Crippen molar-refractivity contribution in [3.8, 4) is 28.4 Å². The molecule has 1 atom stereocenters. The minimum Gasteiger partial charge on any atom is -0.495 e. The van der Waals surface area contributed by atoms with Gasteiger partial charge in [-0.1, -0.05) is 41.6 Å². The van der Waals surface area contributed by atoms with Crippen LogP contribution in [0.1, 0.15) is 5.56 Å². The van der Waals surface area contributed by atoms with E-state index in [9.17, 15) is 13.5 Å². The van der Waals surface area contributed by atoms with Crippen LogP contribution in [-0.2, 0) is 16.4 Å². The minimum atomic E-state index is -4.19. The molecule has 176 valence electrons. The molecule has 3 aromatic carbocycles. The van der Waals surface area contributed by atoms with Crippen LogP contribution in [0.2, 0.25) is 0 Å². The molecule has 0 fully saturated rings. The van der Waals surface area contributed by atoms with Gasteiger partial charge in [-0.15, -0.1) is 0 Å². The lowest BCUT2D eigenvalue weighted by atomic mass is 9.95. The number of hydrogen-bond donors (Lipinski definition) is 2. The molecular formula is C24H22N2O7S. The van der Waals surface area contributed by atoms with E-state index in [4.69, 9.17) is 18.7 Å². The van der Waals surface area contributed by atoms with Crippen molar-refractivity contribution in [3.63, 3.8) is 0 Å². The zero-order valence-corrected chi connectivity index (χ0v) is 19.3. The highest BCUT2D eigenvalue weighted by atomic mass is 32.2. The maximum Gasteiger partial charge on any atom is 0.270 e. The first kappa shape index (κ1) is 22.1. The third-order valence-corrected chi connectivity index (χ3v) is 7.11. The number of nitrogens with one attached hydrogen (secondary N) is 1. The van der Waals surface area contributed by atoms with Gasteiger partial charge in [-0.25, -0.2) is 8.42 Å². The standard InChI is InChI=1S/C24H22N2O7S/c1-30-18-9-6-10-19(31-2)23(18)34(28,29)26-24-21-20(33-25-24)12-16(14-7-4-3-5-8-14)17-11-15(13-27)32-22(17)21/h3-10,12,15,27H,11,13H2,1-2H3,(H,25,26). The first-order valence-electron chi connectivity index (χ1n) is 10.5. The van der Waals surface area contributed by atoms with Crippen molar-refractivity contribution in [1.82, 2.24) is 5.16 Å². The van der Waals surface area contributed by atoms with Crippen molar-refractivity contribution in [2.24, 2.45) is 0 Å². The van der Waals surface area contributed by atoms with Gasteiger partial charge in [-0.3, -0.25) is 4.72 Å². The van der Waals surface area contributed by atoms with E-state index in [-0.39, 0.29) is 28.8 Å². The summed E-state index contributed by atoms with van der Waals surface area (Å²) in [6, 6.07) is 16.2. The van der Waals surface area contributed by atoms with Crippen molar-refractivity contribution in [2.45, 2.75) is 17.4 Å². The highest BCUT2D eigenvalue weighted by Gasteiger charge is 2.33. The highest BCUT2D eigenvalue weighted by molar-refractivity contribution is 7.93. The molecule has 10 heteroatoms. The maximum atomic E-state index is 13.4. The van der Waals surface area contributed by atoms with Gasteiger partial charge in [0.05, 0.1) is 20.8 Å². The smallest absolute Gasteiger partial charge is 0.270 e. The molecule has 9 nitrogen and oxygen atoms in total. The number of anilines is 1. The van der Waals surface area contributed by atoms with Crippen LogP contribution in [-0.4, -0.2) is 45.6 Å². The topological polar surface area (TPSA) is 120 Å². The molecular weight excluding hydrogens is 460 g/mol. The zero-order valence-electron chi connectivity index (χ0n) is 18.4. The second kappa shape index (κ2) is 8.54. The van der Waals surface area contributed by atoms with E-state index in [1.54, 1.807) is 12.1 Å². The largest absolute Gasteiger partial charge is 0.495 e. The van der Waals surface area contributed by atoms with Gasteiger partial charge < -0.3 is 23.8 Å². The number of fused-ring (bicyclic) bond motifs is 3. The molecule has 4 aromatic rings. The average Bonchev–Trinajstić information content (AvgIpc) is 3.47. The molecule has 1 aliphatic heterocycles. The average molecular weight is 483 g/mol. The number of hydrogen-bond acceptors (Lipinski definition) is 8.